The maximum atomic E-state index is 13.3. The lowest BCUT2D eigenvalue weighted by Crippen LogP contribution is -2.35. The molecule has 1 amide bonds. The van der Waals surface area contributed by atoms with E-state index in [-0.39, 0.29) is 11.7 Å². The normalized spacial score (nSPS) is 16.8. The molecule has 20 heavy (non-hydrogen) atoms. The first-order valence-electron chi connectivity index (χ1n) is 6.75. The molecule has 6 heteroatoms. The summed E-state index contributed by atoms with van der Waals surface area (Å²) in [5.41, 5.74) is 1.37. The van der Waals surface area contributed by atoms with Crippen LogP contribution in [0.15, 0.2) is 16.6 Å². The van der Waals surface area contributed by atoms with Gasteiger partial charge in [0.05, 0.1) is 11.0 Å². The standard InChI is InChI=1S/C14H19BrFN3O/c1-10-7-12(16)11(15)8-13(10)18-14(20)9-19-5-2-3-17-4-6-19/h7-8,17H,2-6,9H2,1H3,(H,18,20). The first-order chi connectivity index (χ1) is 9.56. The van der Waals surface area contributed by atoms with Crippen molar-refractivity contribution >= 4 is 27.5 Å². The van der Waals surface area contributed by atoms with E-state index in [9.17, 15) is 9.18 Å². The summed E-state index contributed by atoms with van der Waals surface area (Å²) in [6, 6.07) is 3.02. The van der Waals surface area contributed by atoms with E-state index in [0.29, 0.717) is 16.7 Å². The highest BCUT2D eigenvalue weighted by Crippen LogP contribution is 2.24. The van der Waals surface area contributed by atoms with Crippen molar-refractivity contribution in [2.45, 2.75) is 13.3 Å². The molecule has 0 aromatic heterocycles. The lowest BCUT2D eigenvalue weighted by atomic mass is 10.2. The van der Waals surface area contributed by atoms with Crippen LogP contribution in [0.1, 0.15) is 12.0 Å². The summed E-state index contributed by atoms with van der Waals surface area (Å²) in [5, 5.41) is 6.15. The van der Waals surface area contributed by atoms with Crippen LogP contribution >= 0.6 is 15.9 Å². The third-order valence-electron chi connectivity index (χ3n) is 3.34. The molecule has 1 heterocycles. The van der Waals surface area contributed by atoms with Crippen molar-refractivity contribution in [1.29, 1.82) is 0 Å². The number of amides is 1. The van der Waals surface area contributed by atoms with Crippen molar-refractivity contribution in [3.63, 3.8) is 0 Å². The zero-order valence-electron chi connectivity index (χ0n) is 11.5. The molecule has 0 aliphatic carbocycles. The molecule has 0 atom stereocenters. The second-order valence-corrected chi connectivity index (χ2v) is 5.86. The summed E-state index contributed by atoms with van der Waals surface area (Å²) in [6.07, 6.45) is 1.05. The monoisotopic (exact) mass is 343 g/mol. The van der Waals surface area contributed by atoms with Gasteiger partial charge < -0.3 is 10.6 Å². The molecule has 2 N–H and O–H groups in total. The van der Waals surface area contributed by atoms with E-state index in [0.717, 1.165) is 38.2 Å². The van der Waals surface area contributed by atoms with Gasteiger partial charge in [-0.3, -0.25) is 9.69 Å². The van der Waals surface area contributed by atoms with Crippen LogP contribution in [0.5, 0.6) is 0 Å². The molecule has 4 nitrogen and oxygen atoms in total. The first kappa shape index (κ1) is 15.4. The summed E-state index contributed by atoms with van der Waals surface area (Å²) < 4.78 is 13.7. The summed E-state index contributed by atoms with van der Waals surface area (Å²) in [6.45, 7) is 5.86. The van der Waals surface area contributed by atoms with Crippen molar-refractivity contribution in [1.82, 2.24) is 10.2 Å². The van der Waals surface area contributed by atoms with Gasteiger partial charge in [-0.2, -0.15) is 0 Å². The number of carbonyl (C=O) groups excluding carboxylic acids is 1. The Morgan fingerprint density at radius 2 is 2.25 bits per heavy atom. The van der Waals surface area contributed by atoms with Gasteiger partial charge in [0.2, 0.25) is 5.91 Å². The number of nitrogens with zero attached hydrogens (tertiary/aromatic N) is 1. The van der Waals surface area contributed by atoms with Gasteiger partial charge in [0.1, 0.15) is 5.82 Å². The molecule has 1 aliphatic heterocycles. The van der Waals surface area contributed by atoms with Gasteiger partial charge in [-0.1, -0.05) is 0 Å². The summed E-state index contributed by atoms with van der Waals surface area (Å²) in [7, 11) is 0. The highest BCUT2D eigenvalue weighted by atomic mass is 79.9. The van der Waals surface area contributed by atoms with Gasteiger partial charge >= 0.3 is 0 Å². The Kier molecular flexibility index (Phi) is 5.51. The van der Waals surface area contributed by atoms with Crippen molar-refractivity contribution in [3.8, 4) is 0 Å². The maximum absolute atomic E-state index is 13.3. The Morgan fingerprint density at radius 3 is 3.05 bits per heavy atom. The Hall–Kier alpha value is -0.980. The zero-order valence-corrected chi connectivity index (χ0v) is 13.1. The lowest BCUT2D eigenvalue weighted by molar-refractivity contribution is -0.117. The number of aryl methyl sites for hydroxylation is 1. The summed E-state index contributed by atoms with van der Waals surface area (Å²) in [5.74, 6) is -0.382. The Morgan fingerprint density at radius 1 is 1.45 bits per heavy atom. The minimum Gasteiger partial charge on any atom is -0.325 e. The van der Waals surface area contributed by atoms with Crippen LogP contribution in [-0.4, -0.2) is 43.5 Å². The molecule has 1 saturated heterocycles. The fourth-order valence-electron chi connectivity index (χ4n) is 2.23. The van der Waals surface area contributed by atoms with E-state index in [1.54, 1.807) is 13.0 Å². The predicted molar refractivity (Wildman–Crippen MR) is 81.4 cm³/mol. The minimum atomic E-state index is -0.320. The number of hydrogen-bond donors (Lipinski definition) is 2. The molecule has 1 aliphatic rings. The van der Waals surface area contributed by atoms with Gasteiger partial charge in [-0.25, -0.2) is 4.39 Å². The second-order valence-electron chi connectivity index (χ2n) is 5.01. The third-order valence-corrected chi connectivity index (χ3v) is 3.95. The fourth-order valence-corrected chi connectivity index (χ4v) is 2.58. The van der Waals surface area contributed by atoms with Crippen molar-refractivity contribution in [2.75, 3.05) is 38.0 Å². The van der Waals surface area contributed by atoms with Crippen LogP contribution < -0.4 is 10.6 Å². The number of hydrogen-bond acceptors (Lipinski definition) is 3. The largest absolute Gasteiger partial charge is 0.325 e. The Balaban J connectivity index is 1.95. The second kappa shape index (κ2) is 7.15. The molecular weight excluding hydrogens is 325 g/mol. The van der Waals surface area contributed by atoms with Crippen LogP contribution in [0.4, 0.5) is 10.1 Å². The number of benzene rings is 1. The number of halogens is 2. The van der Waals surface area contributed by atoms with Gasteiger partial charge in [0, 0.05) is 18.8 Å². The molecule has 0 bridgehead atoms. The van der Waals surface area contributed by atoms with Crippen molar-refractivity contribution in [3.05, 3.63) is 28.0 Å². The topological polar surface area (TPSA) is 44.4 Å². The highest BCUT2D eigenvalue weighted by molar-refractivity contribution is 9.10. The Bertz CT molecular complexity index is 488. The fraction of sp³-hybridized carbons (Fsp3) is 0.500. The average molecular weight is 344 g/mol. The number of nitrogens with one attached hydrogen (secondary N) is 2. The molecule has 0 saturated carbocycles. The van der Waals surface area contributed by atoms with E-state index in [1.807, 2.05) is 0 Å². The molecule has 1 aromatic rings. The van der Waals surface area contributed by atoms with Gasteiger partial charge in [0.25, 0.3) is 0 Å². The first-order valence-corrected chi connectivity index (χ1v) is 7.54. The van der Waals surface area contributed by atoms with Crippen LogP contribution in [0, 0.1) is 12.7 Å². The van der Waals surface area contributed by atoms with Crippen LogP contribution in [0.2, 0.25) is 0 Å². The Labute approximate surface area is 126 Å². The predicted octanol–water partition coefficient (Wildman–Crippen LogP) is 2.13. The minimum absolute atomic E-state index is 0.0616. The van der Waals surface area contributed by atoms with Crippen LogP contribution in [0.3, 0.4) is 0 Å². The lowest BCUT2D eigenvalue weighted by Gasteiger charge is -2.19. The van der Waals surface area contributed by atoms with E-state index in [2.05, 4.69) is 31.5 Å². The summed E-state index contributed by atoms with van der Waals surface area (Å²) in [4.78, 5) is 14.2. The molecule has 2 rings (SSSR count). The molecule has 0 spiro atoms. The van der Waals surface area contributed by atoms with Crippen LogP contribution in [-0.2, 0) is 4.79 Å². The molecule has 0 unspecified atom stereocenters. The molecule has 0 radical (unpaired) electrons. The number of carbonyl (C=O) groups is 1. The number of rotatable bonds is 3. The zero-order chi connectivity index (χ0) is 14.5. The molecule has 110 valence electrons. The maximum Gasteiger partial charge on any atom is 0.238 e. The van der Waals surface area contributed by atoms with Gasteiger partial charge in [-0.15, -0.1) is 0 Å². The van der Waals surface area contributed by atoms with Crippen LogP contribution in [0.25, 0.3) is 0 Å². The van der Waals surface area contributed by atoms with Crippen molar-refractivity contribution in [2.24, 2.45) is 0 Å². The van der Waals surface area contributed by atoms with Crippen molar-refractivity contribution < 1.29 is 9.18 Å². The van der Waals surface area contributed by atoms with E-state index >= 15 is 0 Å². The molecule has 1 aromatic carbocycles. The van der Waals surface area contributed by atoms with Gasteiger partial charge in [-0.05, 0) is 60.1 Å². The third kappa shape index (κ3) is 4.26. The molecular formula is C14H19BrFN3O. The number of anilines is 1. The highest BCUT2D eigenvalue weighted by Gasteiger charge is 2.14. The van der Waals surface area contributed by atoms with E-state index in [4.69, 9.17) is 0 Å². The SMILES string of the molecule is Cc1cc(F)c(Br)cc1NC(=O)CN1CCCNCC1. The van der Waals surface area contributed by atoms with E-state index in [1.165, 1.54) is 6.07 Å². The smallest absolute Gasteiger partial charge is 0.238 e. The average Bonchev–Trinajstić information content (AvgIpc) is 2.64. The molecule has 1 fully saturated rings. The quantitative estimate of drug-likeness (QED) is 0.883. The summed E-state index contributed by atoms with van der Waals surface area (Å²) >= 11 is 3.13. The van der Waals surface area contributed by atoms with E-state index < -0.39 is 0 Å². The van der Waals surface area contributed by atoms with Gasteiger partial charge in [0.15, 0.2) is 0 Å².